The molecule has 0 amide bonds. The summed E-state index contributed by atoms with van der Waals surface area (Å²) in [6.45, 7) is 6.18. The highest BCUT2D eigenvalue weighted by Crippen LogP contribution is 2.22. The maximum Gasteiger partial charge on any atom is 0.206 e. The molecule has 19 heavy (non-hydrogen) atoms. The lowest BCUT2D eigenvalue weighted by molar-refractivity contribution is -0.690. The number of ketones is 1. The third kappa shape index (κ3) is 3.74. The number of carbonyl (C=O) groups is 1. The smallest absolute Gasteiger partial charge is 0.206 e. The Kier molecular flexibility index (Phi) is 5.43. The van der Waals surface area contributed by atoms with Crippen LogP contribution in [-0.2, 0) is 11.3 Å². The van der Waals surface area contributed by atoms with E-state index in [2.05, 4.69) is 31.3 Å². The van der Waals surface area contributed by atoms with Crippen molar-refractivity contribution in [3.63, 3.8) is 0 Å². The normalized spacial score (nSPS) is 9.84. The monoisotopic (exact) mass is 319 g/mol. The average molecular weight is 320 g/mol. The van der Waals surface area contributed by atoms with Crippen LogP contribution in [0, 0.1) is 13.8 Å². The molecule has 2 nitrogen and oxygen atoms in total. The molecule has 100 valence electrons. The molecule has 0 aliphatic rings. The molecule has 0 radical (unpaired) electrons. The van der Waals surface area contributed by atoms with Crippen molar-refractivity contribution < 1.29 is 26.3 Å². The highest BCUT2D eigenvalue weighted by molar-refractivity contribution is 5.74. The number of rotatable bonds is 3. The second-order valence-electron chi connectivity index (χ2n) is 4.71. The Morgan fingerprint density at radius 2 is 1.79 bits per heavy atom. The van der Waals surface area contributed by atoms with Crippen molar-refractivity contribution in [3.05, 3.63) is 53.9 Å². The van der Waals surface area contributed by atoms with Crippen molar-refractivity contribution in [3.8, 4) is 11.1 Å². The number of aryl methyl sites for hydroxylation is 2. The van der Waals surface area contributed by atoms with Gasteiger partial charge in [-0.2, -0.15) is 4.57 Å². The van der Waals surface area contributed by atoms with Crippen LogP contribution in [0.5, 0.6) is 0 Å². The summed E-state index contributed by atoms with van der Waals surface area (Å²) >= 11 is 0. The number of nitrogens with zero attached hydrogens (tertiary/aromatic N) is 1. The second-order valence-corrected chi connectivity index (χ2v) is 4.71. The van der Waals surface area contributed by atoms with E-state index in [1.807, 2.05) is 29.7 Å². The third-order valence-electron chi connectivity index (χ3n) is 3.06. The number of pyridine rings is 1. The van der Waals surface area contributed by atoms with Crippen LogP contribution in [0.4, 0.5) is 0 Å². The quantitative estimate of drug-likeness (QED) is 0.721. The van der Waals surface area contributed by atoms with Gasteiger partial charge in [0.05, 0.1) is 0 Å². The summed E-state index contributed by atoms with van der Waals surface area (Å²) in [7, 11) is 0. The molecule has 2 rings (SSSR count). The van der Waals surface area contributed by atoms with Gasteiger partial charge in [0.25, 0.3) is 0 Å². The van der Waals surface area contributed by atoms with Gasteiger partial charge in [0.2, 0.25) is 6.54 Å². The first-order valence-corrected chi connectivity index (χ1v) is 6.13. The molecule has 0 saturated heterocycles. The predicted octanol–water partition coefficient (Wildman–Crippen LogP) is -0.149. The van der Waals surface area contributed by atoms with Crippen LogP contribution in [0.1, 0.15) is 18.2 Å². The molecule has 2 aromatic rings. The Hall–Kier alpha value is -1.48. The summed E-state index contributed by atoms with van der Waals surface area (Å²) < 4.78 is 2.00. The van der Waals surface area contributed by atoms with Crippen LogP contribution in [0.2, 0.25) is 0 Å². The van der Waals surface area contributed by atoms with Crippen molar-refractivity contribution >= 4 is 5.78 Å². The van der Waals surface area contributed by atoms with Crippen LogP contribution < -0.4 is 21.5 Å². The standard InChI is InChI=1S/C16H18NO.BrH/c1-12-10-17(11-14(3)18)13(2)9-16(12)15-7-5-4-6-8-15;/h4-10H,11H2,1-3H3;1H/q+1;/p-1. The van der Waals surface area contributed by atoms with E-state index in [1.165, 1.54) is 16.7 Å². The minimum absolute atomic E-state index is 0. The van der Waals surface area contributed by atoms with E-state index in [0.717, 1.165) is 5.69 Å². The minimum Gasteiger partial charge on any atom is -1.00 e. The molecule has 0 aliphatic carbocycles. The maximum absolute atomic E-state index is 11.2. The maximum atomic E-state index is 11.2. The molecule has 3 heteroatoms. The van der Waals surface area contributed by atoms with E-state index in [-0.39, 0.29) is 22.8 Å². The molecule has 0 aliphatic heterocycles. The third-order valence-corrected chi connectivity index (χ3v) is 3.06. The van der Waals surface area contributed by atoms with Gasteiger partial charge in [0.1, 0.15) is 0 Å². The first-order valence-electron chi connectivity index (χ1n) is 6.13. The van der Waals surface area contributed by atoms with Crippen LogP contribution in [-0.4, -0.2) is 5.78 Å². The highest BCUT2D eigenvalue weighted by Gasteiger charge is 2.13. The Morgan fingerprint density at radius 1 is 1.16 bits per heavy atom. The van der Waals surface area contributed by atoms with Crippen molar-refractivity contribution in [1.29, 1.82) is 0 Å². The van der Waals surface area contributed by atoms with Gasteiger partial charge in [-0.25, -0.2) is 0 Å². The van der Waals surface area contributed by atoms with Gasteiger partial charge >= 0.3 is 0 Å². The average Bonchev–Trinajstić information content (AvgIpc) is 2.34. The van der Waals surface area contributed by atoms with Gasteiger partial charge in [-0.1, -0.05) is 30.3 Å². The van der Waals surface area contributed by atoms with Crippen molar-refractivity contribution in [2.45, 2.75) is 27.3 Å². The number of hydrogen-bond acceptors (Lipinski definition) is 1. The molecule has 0 spiro atoms. The SMILES string of the molecule is CC(=O)C[n+]1cc(C)c(-c2ccccc2)cc1C.[Br-]. The van der Waals surface area contributed by atoms with Gasteiger partial charge < -0.3 is 17.0 Å². The number of carbonyl (C=O) groups excluding carboxylic acids is 1. The molecule has 0 atom stereocenters. The van der Waals surface area contributed by atoms with Gasteiger partial charge in [-0.3, -0.25) is 4.79 Å². The summed E-state index contributed by atoms with van der Waals surface area (Å²) in [5.74, 6) is 0.176. The molecular weight excluding hydrogens is 302 g/mol. The second kappa shape index (κ2) is 6.62. The van der Waals surface area contributed by atoms with E-state index in [1.54, 1.807) is 6.92 Å². The number of benzene rings is 1. The van der Waals surface area contributed by atoms with E-state index >= 15 is 0 Å². The lowest BCUT2D eigenvalue weighted by atomic mass is 10.0. The van der Waals surface area contributed by atoms with E-state index in [4.69, 9.17) is 0 Å². The van der Waals surface area contributed by atoms with E-state index in [9.17, 15) is 4.79 Å². The molecule has 0 unspecified atom stereocenters. The predicted molar refractivity (Wildman–Crippen MR) is 72.2 cm³/mol. The zero-order valence-corrected chi connectivity index (χ0v) is 13.1. The van der Waals surface area contributed by atoms with Crippen LogP contribution in [0.25, 0.3) is 11.1 Å². The Balaban J connectivity index is 0.00000180. The lowest BCUT2D eigenvalue weighted by Crippen LogP contribution is -3.00. The summed E-state index contributed by atoms with van der Waals surface area (Å²) in [5, 5.41) is 0. The molecule has 0 bridgehead atoms. The van der Waals surface area contributed by atoms with Gasteiger partial charge in [-0.15, -0.1) is 0 Å². The first-order chi connectivity index (χ1) is 8.58. The van der Waals surface area contributed by atoms with Gasteiger partial charge in [0, 0.05) is 25.5 Å². The summed E-state index contributed by atoms with van der Waals surface area (Å²) in [4.78, 5) is 11.2. The Bertz CT molecular complexity index is 579. The fourth-order valence-corrected chi connectivity index (χ4v) is 2.15. The van der Waals surface area contributed by atoms with Crippen LogP contribution in [0.3, 0.4) is 0 Å². The Morgan fingerprint density at radius 3 is 2.37 bits per heavy atom. The molecule has 1 aromatic carbocycles. The van der Waals surface area contributed by atoms with Crippen molar-refractivity contribution in [2.24, 2.45) is 0 Å². The van der Waals surface area contributed by atoms with Gasteiger partial charge in [-0.05, 0) is 18.1 Å². The summed E-state index contributed by atoms with van der Waals surface area (Å²) in [6.07, 6.45) is 2.05. The molecule has 0 saturated carbocycles. The van der Waals surface area contributed by atoms with Crippen LogP contribution in [0.15, 0.2) is 42.6 Å². The highest BCUT2D eigenvalue weighted by atomic mass is 79.9. The lowest BCUT2D eigenvalue weighted by Gasteiger charge is -2.07. The first kappa shape index (κ1) is 15.6. The van der Waals surface area contributed by atoms with Crippen molar-refractivity contribution in [1.82, 2.24) is 0 Å². The summed E-state index contributed by atoms with van der Waals surface area (Å²) in [6, 6.07) is 12.5. The zero-order chi connectivity index (χ0) is 13.1. The molecular formula is C16H18BrNO. The minimum atomic E-state index is 0. The van der Waals surface area contributed by atoms with E-state index in [0.29, 0.717) is 6.54 Å². The molecule has 1 aromatic heterocycles. The molecule has 1 heterocycles. The molecule has 0 N–H and O–H groups in total. The number of aromatic nitrogens is 1. The number of halogens is 1. The number of Topliss-reactive ketones (excluding diaryl/α,β-unsaturated/α-hetero) is 1. The Labute approximate surface area is 124 Å². The van der Waals surface area contributed by atoms with Crippen molar-refractivity contribution in [2.75, 3.05) is 0 Å². The van der Waals surface area contributed by atoms with E-state index < -0.39 is 0 Å². The fourth-order valence-electron chi connectivity index (χ4n) is 2.15. The fraction of sp³-hybridized carbons (Fsp3) is 0.250. The van der Waals surface area contributed by atoms with Crippen LogP contribution >= 0.6 is 0 Å². The number of hydrogen-bond donors (Lipinski definition) is 0. The summed E-state index contributed by atoms with van der Waals surface area (Å²) in [5.41, 5.74) is 4.74. The topological polar surface area (TPSA) is 20.9 Å². The van der Waals surface area contributed by atoms with Gasteiger partial charge in [0.15, 0.2) is 17.7 Å². The zero-order valence-electron chi connectivity index (χ0n) is 11.5. The largest absolute Gasteiger partial charge is 1.00 e. The molecule has 0 fully saturated rings.